The lowest BCUT2D eigenvalue weighted by Gasteiger charge is -2.26. The number of anilines is 3. The van der Waals surface area contributed by atoms with Gasteiger partial charge in [-0.15, -0.1) is 5.10 Å². The highest BCUT2D eigenvalue weighted by atomic mass is 16.4. The van der Waals surface area contributed by atoms with Crippen LogP contribution in [0.3, 0.4) is 0 Å². The molecule has 1 aromatic heterocycles. The summed E-state index contributed by atoms with van der Waals surface area (Å²) in [4.78, 5) is 23.6. The van der Waals surface area contributed by atoms with Gasteiger partial charge in [0.25, 0.3) is 0 Å². The molecule has 0 radical (unpaired) electrons. The Morgan fingerprint density at radius 3 is 2.44 bits per heavy atom. The first-order valence-electron chi connectivity index (χ1n) is 10.5. The predicted molar refractivity (Wildman–Crippen MR) is 117 cm³/mol. The second-order valence-electron chi connectivity index (χ2n) is 7.86. The summed E-state index contributed by atoms with van der Waals surface area (Å²) in [5.74, 6) is -1.31. The molecule has 9 heteroatoms. The minimum absolute atomic E-state index is 0.0672. The van der Waals surface area contributed by atoms with Crippen molar-refractivity contribution in [2.75, 3.05) is 10.6 Å². The van der Waals surface area contributed by atoms with Gasteiger partial charge in [0.05, 0.1) is 12.5 Å². The van der Waals surface area contributed by atoms with Crippen LogP contribution in [0.5, 0.6) is 0 Å². The first-order valence-corrected chi connectivity index (χ1v) is 10.5. The van der Waals surface area contributed by atoms with Gasteiger partial charge in [0, 0.05) is 11.4 Å². The number of hydrogen-bond acceptors (Lipinski definition) is 7. The Morgan fingerprint density at radius 2 is 1.75 bits per heavy atom. The third kappa shape index (κ3) is 5.12. The number of benzene rings is 2. The molecule has 1 saturated carbocycles. The number of carbonyl (C=O) groups is 2. The molecule has 0 atom stereocenters. The fourth-order valence-corrected chi connectivity index (χ4v) is 3.93. The van der Waals surface area contributed by atoms with Gasteiger partial charge >= 0.3 is 23.8 Å². The summed E-state index contributed by atoms with van der Waals surface area (Å²) < 4.78 is 5.39. The van der Waals surface area contributed by atoms with E-state index in [9.17, 15) is 14.7 Å². The van der Waals surface area contributed by atoms with Crippen molar-refractivity contribution >= 4 is 29.3 Å². The van der Waals surface area contributed by atoms with Crippen LogP contribution in [-0.4, -0.2) is 32.3 Å². The SMILES string of the molecule is O=C(Nc1ccc([C@H]2CC[C@H](C(=O)O)CC2)cc1)c1nnc(Nc2cccc(CO)c2)o1. The average Bonchev–Trinajstić information content (AvgIpc) is 3.28. The van der Waals surface area contributed by atoms with E-state index in [0.717, 1.165) is 24.0 Å². The molecular weight excluding hydrogens is 412 g/mol. The molecule has 4 N–H and O–H groups in total. The first-order chi connectivity index (χ1) is 15.5. The quantitative estimate of drug-likeness (QED) is 0.437. The van der Waals surface area contributed by atoms with Crippen LogP contribution in [0, 0.1) is 5.92 Å². The lowest BCUT2D eigenvalue weighted by Crippen LogP contribution is -2.20. The van der Waals surface area contributed by atoms with Gasteiger partial charge in [0.2, 0.25) is 0 Å². The number of amides is 1. The monoisotopic (exact) mass is 436 g/mol. The van der Waals surface area contributed by atoms with E-state index in [-0.39, 0.29) is 24.4 Å². The number of aliphatic hydroxyl groups excluding tert-OH is 1. The van der Waals surface area contributed by atoms with Crippen molar-refractivity contribution in [2.45, 2.75) is 38.2 Å². The summed E-state index contributed by atoms with van der Waals surface area (Å²) in [5, 5.41) is 31.6. The lowest BCUT2D eigenvalue weighted by molar-refractivity contribution is -0.142. The third-order valence-corrected chi connectivity index (χ3v) is 5.70. The van der Waals surface area contributed by atoms with Crippen molar-refractivity contribution < 1.29 is 24.2 Å². The third-order valence-electron chi connectivity index (χ3n) is 5.70. The molecular formula is C23H24N4O5. The molecule has 2 aromatic carbocycles. The van der Waals surface area contributed by atoms with Gasteiger partial charge in [0.1, 0.15) is 0 Å². The number of rotatable bonds is 7. The Hall–Kier alpha value is -3.72. The number of aliphatic carboxylic acids is 1. The van der Waals surface area contributed by atoms with Crippen molar-refractivity contribution in [2.24, 2.45) is 5.92 Å². The molecule has 1 aliphatic carbocycles. The van der Waals surface area contributed by atoms with E-state index in [4.69, 9.17) is 9.52 Å². The Balaban J connectivity index is 1.34. The van der Waals surface area contributed by atoms with Gasteiger partial charge in [-0.1, -0.05) is 29.4 Å². The largest absolute Gasteiger partial charge is 0.481 e. The number of aliphatic hydroxyl groups is 1. The molecule has 0 saturated heterocycles. The summed E-state index contributed by atoms with van der Waals surface area (Å²) in [6, 6.07) is 14.7. The number of carboxylic acids is 1. The molecule has 0 unspecified atom stereocenters. The Bertz CT molecular complexity index is 1090. The molecule has 0 aliphatic heterocycles. The van der Waals surface area contributed by atoms with Gasteiger partial charge in [-0.25, -0.2) is 0 Å². The number of nitrogens with one attached hydrogen (secondary N) is 2. The van der Waals surface area contributed by atoms with E-state index < -0.39 is 11.9 Å². The molecule has 0 spiro atoms. The summed E-state index contributed by atoms with van der Waals surface area (Å²) in [7, 11) is 0. The van der Waals surface area contributed by atoms with Gasteiger partial charge in [0.15, 0.2) is 0 Å². The average molecular weight is 436 g/mol. The zero-order valence-electron chi connectivity index (χ0n) is 17.3. The van der Waals surface area contributed by atoms with Crippen LogP contribution in [0.1, 0.15) is 53.4 Å². The van der Waals surface area contributed by atoms with Crippen LogP contribution in [0.15, 0.2) is 52.9 Å². The summed E-state index contributed by atoms with van der Waals surface area (Å²) in [5.41, 5.74) is 3.12. The van der Waals surface area contributed by atoms with Gasteiger partial charge in [-0.05, 0) is 67.0 Å². The molecule has 166 valence electrons. The van der Waals surface area contributed by atoms with Crippen LogP contribution in [0.25, 0.3) is 0 Å². The molecule has 1 fully saturated rings. The summed E-state index contributed by atoms with van der Waals surface area (Å²) in [6.07, 6.45) is 3.08. The Morgan fingerprint density at radius 1 is 1.00 bits per heavy atom. The van der Waals surface area contributed by atoms with Crippen molar-refractivity contribution in [1.82, 2.24) is 10.2 Å². The van der Waals surface area contributed by atoms with E-state index >= 15 is 0 Å². The standard InChI is InChI=1S/C23H24N4O5/c28-13-14-2-1-3-19(12-14)25-23-27-26-21(32-23)20(29)24-18-10-8-16(9-11-18)15-4-6-17(7-5-15)22(30)31/h1-3,8-12,15,17,28H,4-7,13H2,(H,24,29)(H,25,27)(H,30,31)/t15-,17-. The maximum Gasteiger partial charge on any atom is 0.320 e. The smallest absolute Gasteiger partial charge is 0.320 e. The van der Waals surface area contributed by atoms with Gasteiger partial charge in [-0.3, -0.25) is 9.59 Å². The van der Waals surface area contributed by atoms with Crippen LogP contribution in [0.2, 0.25) is 0 Å². The molecule has 3 aromatic rings. The highest BCUT2D eigenvalue weighted by Gasteiger charge is 2.26. The zero-order chi connectivity index (χ0) is 22.5. The maximum atomic E-state index is 12.4. The van der Waals surface area contributed by atoms with Crippen molar-refractivity contribution in [3.05, 3.63) is 65.5 Å². The second-order valence-corrected chi connectivity index (χ2v) is 7.86. The normalized spacial score (nSPS) is 18.2. The van der Waals surface area contributed by atoms with Crippen molar-refractivity contribution in [3.8, 4) is 0 Å². The predicted octanol–water partition coefficient (Wildman–Crippen LogP) is 3.92. The molecule has 1 aliphatic rings. The number of carbonyl (C=O) groups excluding carboxylic acids is 1. The fourth-order valence-electron chi connectivity index (χ4n) is 3.93. The van der Waals surface area contributed by atoms with E-state index in [1.807, 2.05) is 24.3 Å². The number of hydrogen-bond donors (Lipinski definition) is 4. The van der Waals surface area contributed by atoms with E-state index in [2.05, 4.69) is 20.8 Å². The van der Waals surface area contributed by atoms with Crippen LogP contribution in [0.4, 0.5) is 17.4 Å². The fraction of sp³-hybridized carbons (Fsp3) is 0.304. The second kappa shape index (κ2) is 9.61. The highest BCUT2D eigenvalue weighted by molar-refractivity contribution is 6.00. The summed E-state index contributed by atoms with van der Waals surface area (Å²) in [6.45, 7) is -0.0879. The molecule has 4 rings (SSSR count). The first kappa shape index (κ1) is 21.5. The van der Waals surface area contributed by atoms with E-state index in [1.54, 1.807) is 24.3 Å². The van der Waals surface area contributed by atoms with Crippen molar-refractivity contribution in [3.63, 3.8) is 0 Å². The Kier molecular flexibility index (Phi) is 6.46. The number of carboxylic acid groups (broad SMARTS) is 1. The molecule has 9 nitrogen and oxygen atoms in total. The van der Waals surface area contributed by atoms with Crippen molar-refractivity contribution in [1.29, 1.82) is 0 Å². The number of aromatic nitrogens is 2. The topological polar surface area (TPSA) is 138 Å². The van der Waals surface area contributed by atoms with Crippen LogP contribution in [-0.2, 0) is 11.4 Å². The number of nitrogens with zero attached hydrogens (tertiary/aromatic N) is 2. The molecule has 1 amide bonds. The molecule has 0 bridgehead atoms. The minimum Gasteiger partial charge on any atom is -0.481 e. The van der Waals surface area contributed by atoms with E-state index in [1.165, 1.54) is 0 Å². The molecule has 1 heterocycles. The minimum atomic E-state index is -0.709. The maximum absolute atomic E-state index is 12.4. The lowest BCUT2D eigenvalue weighted by atomic mass is 9.79. The molecule has 32 heavy (non-hydrogen) atoms. The summed E-state index contributed by atoms with van der Waals surface area (Å²) >= 11 is 0. The van der Waals surface area contributed by atoms with E-state index in [0.29, 0.717) is 30.1 Å². The Labute approximate surface area is 184 Å². The van der Waals surface area contributed by atoms with Gasteiger partial charge < -0.3 is 25.3 Å². The van der Waals surface area contributed by atoms with Crippen LogP contribution < -0.4 is 10.6 Å². The highest BCUT2D eigenvalue weighted by Crippen LogP contribution is 2.36. The van der Waals surface area contributed by atoms with Gasteiger partial charge in [-0.2, -0.15) is 0 Å². The zero-order valence-corrected chi connectivity index (χ0v) is 17.3. The van der Waals surface area contributed by atoms with Crippen LogP contribution >= 0.6 is 0 Å².